The Bertz CT molecular complexity index is 656. The molecule has 1 aromatic rings. The van der Waals surface area contributed by atoms with Crippen LogP contribution in [0.15, 0.2) is 28.7 Å². The molecule has 1 saturated carbocycles. The van der Waals surface area contributed by atoms with Crippen molar-refractivity contribution in [2.45, 2.75) is 18.9 Å². The fraction of sp³-hybridized carbons (Fsp3) is 0.267. The average molecular weight is 382 g/mol. The van der Waals surface area contributed by atoms with Crippen molar-refractivity contribution in [1.29, 1.82) is 0 Å². The molecule has 0 saturated heterocycles. The maximum Gasteiger partial charge on any atom is 0.327 e. The first-order chi connectivity index (χ1) is 11.0. The summed E-state index contributed by atoms with van der Waals surface area (Å²) in [7, 11) is 1.53. The summed E-state index contributed by atoms with van der Waals surface area (Å²) in [5.74, 6) is -1.63. The molecule has 3 amide bonds. The van der Waals surface area contributed by atoms with Gasteiger partial charge in [0.1, 0.15) is 5.75 Å². The summed E-state index contributed by atoms with van der Waals surface area (Å²) in [6, 6.07) is 5.43. The van der Waals surface area contributed by atoms with Crippen LogP contribution in [-0.2, 0) is 14.4 Å². The molecule has 0 spiro atoms. The Balaban J connectivity index is 1.85. The van der Waals surface area contributed by atoms with Gasteiger partial charge in [-0.3, -0.25) is 25.2 Å². The van der Waals surface area contributed by atoms with E-state index in [4.69, 9.17) is 4.74 Å². The second-order valence-electron chi connectivity index (χ2n) is 4.91. The molecule has 0 aromatic heterocycles. The minimum atomic E-state index is -0.904. The van der Waals surface area contributed by atoms with Gasteiger partial charge in [-0.2, -0.15) is 0 Å². The molecule has 7 nitrogen and oxygen atoms in total. The van der Waals surface area contributed by atoms with Crippen molar-refractivity contribution in [3.05, 3.63) is 34.3 Å². The van der Waals surface area contributed by atoms with Crippen LogP contribution in [0, 0.1) is 0 Å². The lowest BCUT2D eigenvalue weighted by molar-refractivity contribution is -0.140. The van der Waals surface area contributed by atoms with Crippen molar-refractivity contribution in [2.75, 3.05) is 7.11 Å². The third-order valence-corrected chi connectivity index (χ3v) is 3.52. The number of methoxy groups -OCH3 is 1. The number of nitrogens with one attached hydrogen (secondary N) is 3. The van der Waals surface area contributed by atoms with Crippen LogP contribution in [0.1, 0.15) is 18.4 Å². The van der Waals surface area contributed by atoms with E-state index >= 15 is 0 Å². The van der Waals surface area contributed by atoms with Gasteiger partial charge in [-0.15, -0.1) is 0 Å². The Morgan fingerprint density at radius 2 is 1.96 bits per heavy atom. The van der Waals surface area contributed by atoms with Gasteiger partial charge in [0.2, 0.25) is 0 Å². The average Bonchev–Trinajstić information content (AvgIpc) is 3.34. The zero-order valence-electron chi connectivity index (χ0n) is 12.4. The van der Waals surface area contributed by atoms with Crippen LogP contribution in [0.3, 0.4) is 0 Å². The normalized spacial score (nSPS) is 13.5. The highest BCUT2D eigenvalue weighted by Crippen LogP contribution is 2.24. The number of carbonyl (C=O) groups excluding carboxylic acids is 3. The molecule has 8 heteroatoms. The Morgan fingerprint density at radius 3 is 2.61 bits per heavy atom. The highest BCUT2D eigenvalue weighted by molar-refractivity contribution is 9.10. The molecular formula is C15H16BrN3O4. The van der Waals surface area contributed by atoms with Gasteiger partial charge < -0.3 is 10.1 Å². The Labute approximate surface area is 141 Å². The maximum absolute atomic E-state index is 11.7. The molecule has 0 bridgehead atoms. The minimum absolute atomic E-state index is 0.0767. The molecule has 23 heavy (non-hydrogen) atoms. The van der Waals surface area contributed by atoms with E-state index in [1.54, 1.807) is 12.1 Å². The quantitative estimate of drug-likeness (QED) is 0.410. The van der Waals surface area contributed by atoms with Crippen LogP contribution in [-0.4, -0.2) is 30.9 Å². The van der Waals surface area contributed by atoms with E-state index in [1.807, 2.05) is 11.5 Å². The van der Waals surface area contributed by atoms with E-state index in [9.17, 15) is 14.4 Å². The second kappa shape index (κ2) is 7.77. The van der Waals surface area contributed by atoms with Crippen molar-refractivity contribution < 1.29 is 19.1 Å². The third kappa shape index (κ3) is 5.41. The van der Waals surface area contributed by atoms with Gasteiger partial charge in [-0.1, -0.05) is 15.9 Å². The molecular weight excluding hydrogens is 366 g/mol. The van der Waals surface area contributed by atoms with Gasteiger partial charge >= 0.3 is 11.8 Å². The molecule has 122 valence electrons. The maximum atomic E-state index is 11.7. The van der Waals surface area contributed by atoms with Gasteiger partial charge in [0.25, 0.3) is 5.91 Å². The first kappa shape index (κ1) is 17.0. The Hall–Kier alpha value is -2.35. The topological polar surface area (TPSA) is 96.5 Å². The molecule has 1 aliphatic rings. The van der Waals surface area contributed by atoms with Crippen LogP contribution < -0.4 is 20.9 Å². The number of amides is 3. The number of halogens is 1. The number of hydrogen-bond acceptors (Lipinski definition) is 4. The highest BCUT2D eigenvalue weighted by Gasteiger charge is 2.26. The molecule has 0 heterocycles. The number of hydrogen-bond donors (Lipinski definition) is 3. The lowest BCUT2D eigenvalue weighted by atomic mass is 10.2. The summed E-state index contributed by atoms with van der Waals surface area (Å²) >= 11 is 3.33. The van der Waals surface area contributed by atoms with Crippen molar-refractivity contribution >= 4 is 39.7 Å². The van der Waals surface area contributed by atoms with Crippen LogP contribution in [0.2, 0.25) is 0 Å². The van der Waals surface area contributed by atoms with Gasteiger partial charge in [0, 0.05) is 22.2 Å². The Morgan fingerprint density at radius 1 is 1.22 bits per heavy atom. The SMILES string of the molecule is COc1ccc(Br)cc1/C=C/C(=O)NNC(=O)C(=O)NC1CC1. The van der Waals surface area contributed by atoms with Crippen LogP contribution in [0.5, 0.6) is 5.75 Å². The van der Waals surface area contributed by atoms with Crippen molar-refractivity contribution in [3.63, 3.8) is 0 Å². The summed E-state index contributed by atoms with van der Waals surface area (Å²) < 4.78 is 6.02. The number of hydrazine groups is 1. The molecule has 1 aromatic carbocycles. The standard InChI is InChI=1S/C15H16BrN3O4/c1-23-12-6-3-10(16)8-9(12)2-7-13(20)18-19-15(22)14(21)17-11-4-5-11/h2-3,6-8,11H,4-5H2,1H3,(H,17,21)(H,18,20)(H,19,22)/b7-2+. The van der Waals surface area contributed by atoms with Crippen molar-refractivity contribution in [2.24, 2.45) is 0 Å². The summed E-state index contributed by atoms with van der Waals surface area (Å²) in [6.07, 6.45) is 4.52. The van der Waals surface area contributed by atoms with Gasteiger partial charge in [-0.25, -0.2) is 0 Å². The molecule has 0 radical (unpaired) electrons. The fourth-order valence-electron chi connectivity index (χ4n) is 1.70. The second-order valence-corrected chi connectivity index (χ2v) is 5.83. The van der Waals surface area contributed by atoms with E-state index < -0.39 is 17.7 Å². The lowest BCUT2D eigenvalue weighted by Crippen LogP contribution is -2.48. The molecule has 0 atom stereocenters. The van der Waals surface area contributed by atoms with Gasteiger partial charge in [-0.05, 0) is 37.1 Å². The molecule has 1 aliphatic carbocycles. The van der Waals surface area contributed by atoms with Gasteiger partial charge in [0.05, 0.1) is 7.11 Å². The van der Waals surface area contributed by atoms with Gasteiger partial charge in [0.15, 0.2) is 0 Å². The zero-order valence-corrected chi connectivity index (χ0v) is 14.0. The zero-order chi connectivity index (χ0) is 16.8. The predicted octanol–water partition coefficient (Wildman–Crippen LogP) is 0.897. The monoisotopic (exact) mass is 381 g/mol. The summed E-state index contributed by atoms with van der Waals surface area (Å²) in [5.41, 5.74) is 4.88. The number of benzene rings is 1. The highest BCUT2D eigenvalue weighted by atomic mass is 79.9. The van der Waals surface area contributed by atoms with E-state index in [0.717, 1.165) is 17.3 Å². The van der Waals surface area contributed by atoms with Crippen LogP contribution in [0.4, 0.5) is 0 Å². The Kier molecular flexibility index (Phi) is 5.75. The predicted molar refractivity (Wildman–Crippen MR) is 87.2 cm³/mol. The summed E-state index contributed by atoms with van der Waals surface area (Å²) in [6.45, 7) is 0. The van der Waals surface area contributed by atoms with E-state index in [2.05, 4.69) is 26.7 Å². The lowest BCUT2D eigenvalue weighted by Gasteiger charge is -2.06. The largest absolute Gasteiger partial charge is 0.496 e. The third-order valence-electron chi connectivity index (χ3n) is 3.02. The molecule has 0 unspecified atom stereocenters. The van der Waals surface area contributed by atoms with E-state index in [-0.39, 0.29) is 6.04 Å². The molecule has 0 aliphatic heterocycles. The summed E-state index contributed by atoms with van der Waals surface area (Å²) in [5, 5.41) is 2.51. The molecule has 3 N–H and O–H groups in total. The molecule has 1 fully saturated rings. The number of rotatable bonds is 4. The van der Waals surface area contributed by atoms with Crippen molar-refractivity contribution in [3.8, 4) is 5.75 Å². The van der Waals surface area contributed by atoms with Crippen LogP contribution in [0.25, 0.3) is 6.08 Å². The summed E-state index contributed by atoms with van der Waals surface area (Å²) in [4.78, 5) is 34.5. The smallest absolute Gasteiger partial charge is 0.327 e. The first-order valence-electron chi connectivity index (χ1n) is 6.92. The number of carbonyl (C=O) groups is 3. The van der Waals surface area contributed by atoms with Crippen molar-refractivity contribution in [1.82, 2.24) is 16.2 Å². The first-order valence-corrected chi connectivity index (χ1v) is 7.71. The van der Waals surface area contributed by atoms with Crippen LogP contribution >= 0.6 is 15.9 Å². The van der Waals surface area contributed by atoms with E-state index in [1.165, 1.54) is 19.3 Å². The molecule has 2 rings (SSSR count). The fourth-order valence-corrected chi connectivity index (χ4v) is 2.08. The van der Waals surface area contributed by atoms with E-state index in [0.29, 0.717) is 11.3 Å². The number of ether oxygens (including phenoxy) is 1. The minimum Gasteiger partial charge on any atom is -0.496 e.